The molecule has 41 valence electrons. The van der Waals surface area contributed by atoms with E-state index in [1.54, 1.807) is 0 Å². The third-order valence-corrected chi connectivity index (χ3v) is 2.03. The van der Waals surface area contributed by atoms with Crippen molar-refractivity contribution >= 4 is 25.3 Å². The van der Waals surface area contributed by atoms with E-state index in [0.717, 1.165) is 6.42 Å². The van der Waals surface area contributed by atoms with E-state index in [1.165, 1.54) is 12.8 Å². The lowest BCUT2D eigenvalue weighted by Crippen LogP contribution is -2.04. The molecule has 0 heterocycles. The molecule has 0 N–H and O–H groups in total. The molecule has 0 bridgehead atoms. The van der Waals surface area contributed by atoms with E-state index in [-0.39, 0.29) is 4.08 Å². The lowest BCUT2D eigenvalue weighted by atomic mass is 10.4. The van der Waals surface area contributed by atoms with Gasteiger partial charge in [0.2, 0.25) is 0 Å². The molecule has 0 saturated heterocycles. The highest BCUT2D eigenvalue weighted by molar-refractivity contribution is 8.00. The van der Waals surface area contributed by atoms with Gasteiger partial charge >= 0.3 is 0 Å². The molecule has 1 fully saturated rings. The van der Waals surface area contributed by atoms with Crippen LogP contribution in [-0.2, 0) is 0 Å². The topological polar surface area (TPSA) is 0 Å². The van der Waals surface area contributed by atoms with Gasteiger partial charge in [-0.3, -0.25) is 0 Å². The summed E-state index contributed by atoms with van der Waals surface area (Å²) < 4.78 is -0.0417. The van der Waals surface area contributed by atoms with Crippen LogP contribution in [0.3, 0.4) is 0 Å². The van der Waals surface area contributed by atoms with E-state index >= 15 is 0 Å². The fourth-order valence-corrected chi connectivity index (χ4v) is 1.37. The first-order valence-corrected chi connectivity index (χ1v) is 3.39. The van der Waals surface area contributed by atoms with E-state index in [2.05, 4.69) is 31.7 Å². The predicted molar refractivity (Wildman–Crippen MR) is 38.9 cm³/mol. The van der Waals surface area contributed by atoms with Crippen molar-refractivity contribution in [1.82, 2.24) is 0 Å². The molecule has 1 aliphatic carbocycles. The van der Waals surface area contributed by atoms with Crippen molar-refractivity contribution < 1.29 is 0 Å². The van der Waals surface area contributed by atoms with Gasteiger partial charge in [-0.2, -0.15) is 25.3 Å². The van der Waals surface area contributed by atoms with Crippen LogP contribution in [0.2, 0.25) is 0 Å². The maximum atomic E-state index is 4.26. The van der Waals surface area contributed by atoms with Gasteiger partial charge in [-0.25, -0.2) is 0 Å². The Morgan fingerprint density at radius 3 is 2.29 bits per heavy atom. The number of thiol groups is 2. The number of hydrogen-bond acceptors (Lipinski definition) is 2. The third-order valence-electron chi connectivity index (χ3n) is 1.22. The number of hydrogen-bond donors (Lipinski definition) is 2. The molecule has 7 heavy (non-hydrogen) atoms. The Kier molecular flexibility index (Phi) is 1.58. The fourth-order valence-electron chi connectivity index (χ4n) is 0.798. The minimum atomic E-state index is -0.0417. The highest BCUT2D eigenvalue weighted by Crippen LogP contribution is 2.37. The van der Waals surface area contributed by atoms with Gasteiger partial charge in [0, 0.05) is 0 Å². The Bertz CT molecular complexity index is 60.5. The van der Waals surface area contributed by atoms with Crippen molar-refractivity contribution in [1.29, 1.82) is 0 Å². The van der Waals surface area contributed by atoms with Gasteiger partial charge in [0.15, 0.2) is 0 Å². The molecule has 0 aromatic heterocycles. The average Bonchev–Trinajstić information content (AvgIpc) is 1.84. The smallest absolute Gasteiger partial charge is 0.0583 e. The van der Waals surface area contributed by atoms with Crippen molar-refractivity contribution in [2.45, 2.75) is 23.3 Å². The van der Waals surface area contributed by atoms with Gasteiger partial charge in [0.05, 0.1) is 4.08 Å². The lowest BCUT2D eigenvalue weighted by molar-refractivity contribution is 0.875. The lowest BCUT2D eigenvalue weighted by Gasteiger charge is -2.11. The summed E-state index contributed by atoms with van der Waals surface area (Å²) in [5.41, 5.74) is 0. The molecular weight excluding hydrogens is 124 g/mol. The zero-order chi connectivity index (χ0) is 5.33. The third kappa shape index (κ3) is 1.57. The minimum Gasteiger partial charge on any atom is -0.162 e. The Labute approximate surface area is 55.5 Å². The van der Waals surface area contributed by atoms with Crippen molar-refractivity contribution in [3.05, 3.63) is 6.42 Å². The van der Waals surface area contributed by atoms with Crippen LogP contribution >= 0.6 is 25.3 Å². The first-order chi connectivity index (χ1) is 3.21. The molecule has 0 amide bonds. The van der Waals surface area contributed by atoms with Gasteiger partial charge in [0.1, 0.15) is 0 Å². The van der Waals surface area contributed by atoms with Gasteiger partial charge in [-0.05, 0) is 19.3 Å². The monoisotopic (exact) mass is 133 g/mol. The molecule has 0 spiro atoms. The summed E-state index contributed by atoms with van der Waals surface area (Å²) in [5, 5.41) is 0. The Morgan fingerprint density at radius 1 is 1.43 bits per heavy atom. The van der Waals surface area contributed by atoms with E-state index in [1.807, 2.05) is 0 Å². The second-order valence-electron chi connectivity index (χ2n) is 1.97. The molecule has 0 atom stereocenters. The van der Waals surface area contributed by atoms with Gasteiger partial charge < -0.3 is 0 Å². The number of rotatable bonds is 0. The molecule has 0 nitrogen and oxygen atoms in total. The summed E-state index contributed by atoms with van der Waals surface area (Å²) in [6, 6.07) is 0. The summed E-state index contributed by atoms with van der Waals surface area (Å²) in [7, 11) is 0. The predicted octanol–water partition coefficient (Wildman–Crippen LogP) is 1.93. The summed E-state index contributed by atoms with van der Waals surface area (Å²) in [4.78, 5) is 0. The first kappa shape index (κ1) is 5.83. The molecule has 0 aromatic rings. The van der Waals surface area contributed by atoms with E-state index in [0.29, 0.717) is 0 Å². The van der Waals surface area contributed by atoms with Crippen LogP contribution in [-0.4, -0.2) is 4.08 Å². The van der Waals surface area contributed by atoms with Gasteiger partial charge in [-0.15, -0.1) is 0 Å². The van der Waals surface area contributed by atoms with E-state index in [9.17, 15) is 0 Å². The Morgan fingerprint density at radius 2 is 2.14 bits per heavy atom. The van der Waals surface area contributed by atoms with Crippen molar-refractivity contribution in [3.8, 4) is 0 Å². The Hall–Kier alpha value is 0.700. The molecule has 0 aliphatic heterocycles. The second kappa shape index (κ2) is 1.90. The van der Waals surface area contributed by atoms with Crippen LogP contribution in [0.5, 0.6) is 0 Å². The van der Waals surface area contributed by atoms with Crippen LogP contribution in [0.1, 0.15) is 19.3 Å². The van der Waals surface area contributed by atoms with Gasteiger partial charge in [0.25, 0.3) is 0 Å². The van der Waals surface area contributed by atoms with Crippen molar-refractivity contribution in [2.24, 2.45) is 0 Å². The average molecular weight is 133 g/mol. The highest BCUT2D eigenvalue weighted by Gasteiger charge is 2.24. The molecule has 1 rings (SSSR count). The minimum absolute atomic E-state index is 0.0417. The van der Waals surface area contributed by atoms with Crippen LogP contribution in [0, 0.1) is 6.42 Å². The highest BCUT2D eigenvalue weighted by atomic mass is 32.2. The molecule has 0 unspecified atom stereocenters. The molecule has 1 radical (unpaired) electrons. The summed E-state index contributed by atoms with van der Waals surface area (Å²) >= 11 is 8.52. The van der Waals surface area contributed by atoms with Gasteiger partial charge in [-0.1, -0.05) is 6.42 Å². The summed E-state index contributed by atoms with van der Waals surface area (Å²) in [6.45, 7) is 0. The summed E-state index contributed by atoms with van der Waals surface area (Å²) in [6.07, 6.45) is 5.72. The first-order valence-electron chi connectivity index (χ1n) is 2.50. The van der Waals surface area contributed by atoms with Crippen LogP contribution in [0.25, 0.3) is 0 Å². The quantitative estimate of drug-likeness (QED) is 0.366. The van der Waals surface area contributed by atoms with Crippen molar-refractivity contribution in [2.75, 3.05) is 0 Å². The Balaban J connectivity index is 2.40. The molecule has 0 aromatic carbocycles. The molecule has 1 saturated carbocycles. The molecule has 1 aliphatic rings. The maximum absolute atomic E-state index is 4.26. The largest absolute Gasteiger partial charge is 0.162 e. The van der Waals surface area contributed by atoms with E-state index in [4.69, 9.17) is 0 Å². The van der Waals surface area contributed by atoms with Crippen LogP contribution in [0.15, 0.2) is 0 Å². The SMILES string of the molecule is SC1(S)[CH]CCC1. The summed E-state index contributed by atoms with van der Waals surface area (Å²) in [5.74, 6) is 0. The zero-order valence-electron chi connectivity index (χ0n) is 4.09. The van der Waals surface area contributed by atoms with Crippen LogP contribution in [0.4, 0.5) is 0 Å². The standard InChI is InChI=1S/C5H9S2/c6-5(7)3-1-2-4-5/h3,6-7H,1-2,4H2. The fraction of sp³-hybridized carbons (Fsp3) is 0.800. The van der Waals surface area contributed by atoms with Crippen molar-refractivity contribution in [3.63, 3.8) is 0 Å². The second-order valence-corrected chi connectivity index (χ2v) is 3.92. The maximum Gasteiger partial charge on any atom is 0.0583 e. The zero-order valence-corrected chi connectivity index (χ0v) is 5.88. The molecular formula is C5H9S2. The normalized spacial score (nSPS) is 28.3. The van der Waals surface area contributed by atoms with E-state index < -0.39 is 0 Å². The molecule has 2 heteroatoms. The van der Waals surface area contributed by atoms with Crippen LogP contribution < -0.4 is 0 Å².